The van der Waals surface area contributed by atoms with Gasteiger partial charge in [-0.1, -0.05) is 23.7 Å². The SMILES string of the molecule is CC1(CC(=O)N/N=C\c2ccc(OCc3ccc(Cl)cc3)c(Br)c2)OCCO1. The van der Waals surface area contributed by atoms with E-state index < -0.39 is 5.79 Å². The average molecular weight is 468 g/mol. The number of benzene rings is 2. The second-order valence-electron chi connectivity index (χ2n) is 6.41. The van der Waals surface area contributed by atoms with Gasteiger partial charge in [0.2, 0.25) is 5.91 Å². The highest BCUT2D eigenvalue weighted by Gasteiger charge is 2.33. The van der Waals surface area contributed by atoms with Crippen LogP contribution in [0.4, 0.5) is 0 Å². The first-order chi connectivity index (χ1) is 13.4. The van der Waals surface area contributed by atoms with Gasteiger partial charge in [-0.15, -0.1) is 0 Å². The summed E-state index contributed by atoms with van der Waals surface area (Å²) in [7, 11) is 0. The van der Waals surface area contributed by atoms with E-state index in [2.05, 4.69) is 26.5 Å². The molecule has 0 unspecified atom stereocenters. The Morgan fingerprint density at radius 2 is 2.00 bits per heavy atom. The molecule has 148 valence electrons. The molecule has 1 N–H and O–H groups in total. The highest BCUT2D eigenvalue weighted by atomic mass is 79.9. The molecule has 1 aliphatic heterocycles. The molecule has 0 saturated carbocycles. The number of amides is 1. The molecule has 1 amide bonds. The fourth-order valence-electron chi connectivity index (χ4n) is 2.63. The van der Waals surface area contributed by atoms with E-state index in [1.807, 2.05) is 42.5 Å². The van der Waals surface area contributed by atoms with Crippen LogP contribution >= 0.6 is 27.5 Å². The molecule has 2 aromatic carbocycles. The van der Waals surface area contributed by atoms with Crippen molar-refractivity contribution in [2.75, 3.05) is 13.2 Å². The molecule has 6 nitrogen and oxygen atoms in total. The molecule has 8 heteroatoms. The predicted octanol–water partition coefficient (Wildman–Crippen LogP) is 4.28. The van der Waals surface area contributed by atoms with E-state index in [-0.39, 0.29) is 12.3 Å². The van der Waals surface area contributed by atoms with Crippen LogP contribution < -0.4 is 10.2 Å². The maximum absolute atomic E-state index is 11.9. The normalized spacial score (nSPS) is 15.7. The molecular weight excluding hydrogens is 448 g/mol. The number of carbonyl (C=O) groups is 1. The van der Waals surface area contributed by atoms with E-state index in [1.165, 1.54) is 0 Å². The Balaban J connectivity index is 1.51. The zero-order valence-electron chi connectivity index (χ0n) is 15.3. The number of nitrogens with one attached hydrogen (secondary N) is 1. The van der Waals surface area contributed by atoms with Crippen molar-refractivity contribution in [1.82, 2.24) is 5.43 Å². The summed E-state index contributed by atoms with van der Waals surface area (Å²) in [6.07, 6.45) is 1.65. The molecule has 2 aromatic rings. The van der Waals surface area contributed by atoms with Crippen molar-refractivity contribution >= 4 is 39.7 Å². The van der Waals surface area contributed by atoms with Crippen molar-refractivity contribution in [3.05, 3.63) is 63.1 Å². The summed E-state index contributed by atoms with van der Waals surface area (Å²) in [4.78, 5) is 11.9. The van der Waals surface area contributed by atoms with Crippen molar-refractivity contribution in [3.8, 4) is 5.75 Å². The lowest BCUT2D eigenvalue weighted by Crippen LogP contribution is -2.33. The van der Waals surface area contributed by atoms with E-state index in [0.717, 1.165) is 15.6 Å². The molecule has 0 radical (unpaired) electrons. The second-order valence-corrected chi connectivity index (χ2v) is 7.70. The number of carbonyl (C=O) groups excluding carboxylic acids is 1. The lowest BCUT2D eigenvalue weighted by atomic mass is 10.2. The average Bonchev–Trinajstić information content (AvgIpc) is 3.08. The van der Waals surface area contributed by atoms with Gasteiger partial charge in [-0.2, -0.15) is 5.10 Å². The Bertz CT molecular complexity index is 852. The first-order valence-corrected chi connectivity index (χ1v) is 9.87. The maximum atomic E-state index is 11.9. The van der Waals surface area contributed by atoms with E-state index in [1.54, 1.807) is 13.1 Å². The molecular formula is C20H20BrClN2O4. The maximum Gasteiger partial charge on any atom is 0.245 e. The standard InChI is InChI=1S/C20H20BrClN2O4/c1-20(27-8-9-28-20)11-19(25)24-23-12-15-4-7-18(17(21)10-15)26-13-14-2-5-16(22)6-3-14/h2-7,10,12H,8-9,11,13H2,1H3,(H,24,25)/b23-12-. The number of rotatable bonds is 7. The molecule has 1 saturated heterocycles. The van der Waals surface area contributed by atoms with E-state index in [4.69, 9.17) is 25.8 Å². The third kappa shape index (κ3) is 6.04. The van der Waals surface area contributed by atoms with Crippen LogP contribution in [0.3, 0.4) is 0 Å². The summed E-state index contributed by atoms with van der Waals surface area (Å²) in [5.74, 6) is -0.437. The van der Waals surface area contributed by atoms with Crippen LogP contribution in [0, 0.1) is 0 Å². The number of hydrogen-bond acceptors (Lipinski definition) is 5. The van der Waals surface area contributed by atoms with E-state index in [0.29, 0.717) is 30.6 Å². The lowest BCUT2D eigenvalue weighted by Gasteiger charge is -2.20. The van der Waals surface area contributed by atoms with Crippen molar-refractivity contribution in [1.29, 1.82) is 0 Å². The molecule has 1 fully saturated rings. The number of ether oxygens (including phenoxy) is 3. The van der Waals surface area contributed by atoms with Gasteiger partial charge in [-0.05, 0) is 64.3 Å². The Kier molecular flexibility index (Phi) is 7.07. The third-order valence-corrected chi connectivity index (χ3v) is 4.92. The number of hydrazone groups is 1. The second kappa shape index (κ2) is 9.52. The monoisotopic (exact) mass is 466 g/mol. The van der Waals surface area contributed by atoms with Crippen LogP contribution in [0.5, 0.6) is 5.75 Å². The van der Waals surface area contributed by atoms with Gasteiger partial charge in [-0.3, -0.25) is 4.79 Å². The van der Waals surface area contributed by atoms with Crippen molar-refractivity contribution in [2.24, 2.45) is 5.10 Å². The van der Waals surface area contributed by atoms with Gasteiger partial charge in [-0.25, -0.2) is 5.43 Å². The topological polar surface area (TPSA) is 69.2 Å². The van der Waals surface area contributed by atoms with Crippen LogP contribution in [-0.2, 0) is 20.9 Å². The largest absolute Gasteiger partial charge is 0.488 e. The van der Waals surface area contributed by atoms with Crippen LogP contribution in [0.15, 0.2) is 52.0 Å². The predicted molar refractivity (Wildman–Crippen MR) is 111 cm³/mol. The van der Waals surface area contributed by atoms with E-state index >= 15 is 0 Å². The van der Waals surface area contributed by atoms with Gasteiger partial charge in [0, 0.05) is 5.02 Å². The fourth-order valence-corrected chi connectivity index (χ4v) is 3.26. The summed E-state index contributed by atoms with van der Waals surface area (Å²) < 4.78 is 17.4. The first-order valence-electron chi connectivity index (χ1n) is 8.70. The van der Waals surface area contributed by atoms with Crippen molar-refractivity contribution in [3.63, 3.8) is 0 Å². The quantitative estimate of drug-likeness (QED) is 0.487. The Hall–Kier alpha value is -1.93. The minimum Gasteiger partial charge on any atom is -0.488 e. The van der Waals surface area contributed by atoms with Gasteiger partial charge in [0.05, 0.1) is 30.3 Å². The van der Waals surface area contributed by atoms with Gasteiger partial charge < -0.3 is 14.2 Å². The number of halogens is 2. The molecule has 28 heavy (non-hydrogen) atoms. The van der Waals surface area contributed by atoms with Crippen LogP contribution in [0.2, 0.25) is 5.02 Å². The fraction of sp³-hybridized carbons (Fsp3) is 0.300. The minimum atomic E-state index is -0.869. The van der Waals surface area contributed by atoms with Crippen LogP contribution in [0.25, 0.3) is 0 Å². The Labute approximate surface area is 176 Å². The van der Waals surface area contributed by atoms with Crippen molar-refractivity contribution in [2.45, 2.75) is 25.7 Å². The molecule has 1 heterocycles. The summed E-state index contributed by atoms with van der Waals surface area (Å²) >= 11 is 9.37. The van der Waals surface area contributed by atoms with Gasteiger partial charge in [0.25, 0.3) is 0 Å². The van der Waals surface area contributed by atoms with Gasteiger partial charge in [0.1, 0.15) is 12.4 Å². The number of nitrogens with zero attached hydrogens (tertiary/aromatic N) is 1. The zero-order valence-corrected chi connectivity index (χ0v) is 17.6. The highest BCUT2D eigenvalue weighted by Crippen LogP contribution is 2.26. The highest BCUT2D eigenvalue weighted by molar-refractivity contribution is 9.10. The van der Waals surface area contributed by atoms with E-state index in [9.17, 15) is 4.79 Å². The van der Waals surface area contributed by atoms with Crippen molar-refractivity contribution < 1.29 is 19.0 Å². The first kappa shape index (κ1) is 20.8. The zero-order chi connectivity index (χ0) is 20.0. The smallest absolute Gasteiger partial charge is 0.245 e. The Morgan fingerprint density at radius 3 is 2.68 bits per heavy atom. The Morgan fingerprint density at radius 1 is 1.29 bits per heavy atom. The molecule has 0 aromatic heterocycles. The minimum absolute atomic E-state index is 0.0888. The third-order valence-electron chi connectivity index (χ3n) is 4.05. The van der Waals surface area contributed by atoms with Gasteiger partial charge >= 0.3 is 0 Å². The summed E-state index contributed by atoms with van der Waals surface area (Å²) in [5, 5.41) is 4.67. The molecule has 0 atom stereocenters. The molecule has 0 aliphatic carbocycles. The van der Waals surface area contributed by atoms with Crippen LogP contribution in [-0.4, -0.2) is 31.1 Å². The molecule has 0 bridgehead atoms. The molecule has 0 spiro atoms. The molecule has 1 aliphatic rings. The number of hydrogen-bond donors (Lipinski definition) is 1. The summed E-state index contributed by atoms with van der Waals surface area (Å²) in [6.45, 7) is 3.16. The summed E-state index contributed by atoms with van der Waals surface area (Å²) in [5.41, 5.74) is 4.31. The lowest BCUT2D eigenvalue weighted by molar-refractivity contribution is -0.159. The van der Waals surface area contributed by atoms with Crippen LogP contribution in [0.1, 0.15) is 24.5 Å². The summed E-state index contributed by atoms with van der Waals surface area (Å²) in [6, 6.07) is 13.0. The van der Waals surface area contributed by atoms with Gasteiger partial charge in [0.15, 0.2) is 5.79 Å². The molecule has 3 rings (SSSR count).